The van der Waals surface area contributed by atoms with E-state index in [9.17, 15) is 8.42 Å². The number of guanidine groups is 1. The highest BCUT2D eigenvalue weighted by atomic mass is 32.2. The molecule has 1 fully saturated rings. The van der Waals surface area contributed by atoms with E-state index in [0.717, 1.165) is 37.3 Å². The summed E-state index contributed by atoms with van der Waals surface area (Å²) in [7, 11) is -3.41. The zero-order valence-corrected chi connectivity index (χ0v) is 18.9. The highest BCUT2D eigenvalue weighted by Crippen LogP contribution is 2.22. The van der Waals surface area contributed by atoms with Crippen LogP contribution in [0.1, 0.15) is 42.0 Å². The molecule has 1 aromatic heterocycles. The third kappa shape index (κ3) is 6.83. The first-order valence-corrected chi connectivity index (χ1v) is 12.4. The molecule has 8 heteroatoms. The first-order chi connectivity index (χ1) is 13.9. The second kappa shape index (κ2) is 9.73. The SMILES string of the molecule is CCNC(=NCc1ccc(S(=O)(=O)NC2CC2)cc1)NC(C)Cc1ccc(C)s1. The normalized spacial score (nSPS) is 15.9. The topological polar surface area (TPSA) is 82.6 Å². The summed E-state index contributed by atoms with van der Waals surface area (Å²) in [5.41, 5.74) is 0.967. The van der Waals surface area contributed by atoms with E-state index in [1.165, 1.54) is 9.75 Å². The fourth-order valence-corrected chi connectivity index (χ4v) is 5.26. The molecule has 6 nitrogen and oxygen atoms in total. The molecule has 1 aliphatic carbocycles. The molecule has 1 aliphatic rings. The number of nitrogens with zero attached hydrogens (tertiary/aromatic N) is 1. The molecule has 3 rings (SSSR count). The van der Waals surface area contributed by atoms with Crippen molar-refractivity contribution in [2.75, 3.05) is 6.54 Å². The maximum absolute atomic E-state index is 12.3. The summed E-state index contributed by atoms with van der Waals surface area (Å²) in [5.74, 6) is 0.764. The summed E-state index contributed by atoms with van der Waals surface area (Å²) in [4.78, 5) is 7.64. The van der Waals surface area contributed by atoms with Crippen LogP contribution in [0.4, 0.5) is 0 Å². The van der Waals surface area contributed by atoms with Gasteiger partial charge in [0, 0.05) is 34.8 Å². The van der Waals surface area contributed by atoms with Crippen molar-refractivity contribution in [3.63, 3.8) is 0 Å². The Bertz CT molecular complexity index is 932. The van der Waals surface area contributed by atoms with E-state index < -0.39 is 10.0 Å². The number of hydrogen-bond donors (Lipinski definition) is 3. The molecule has 1 heterocycles. The Morgan fingerprint density at radius 3 is 2.52 bits per heavy atom. The molecule has 1 atom stereocenters. The van der Waals surface area contributed by atoms with E-state index in [1.807, 2.05) is 30.4 Å². The summed E-state index contributed by atoms with van der Waals surface area (Å²) < 4.78 is 27.2. The van der Waals surface area contributed by atoms with Crippen LogP contribution in [-0.2, 0) is 23.0 Å². The third-order valence-electron chi connectivity index (χ3n) is 4.58. The predicted octanol–water partition coefficient (Wildman–Crippen LogP) is 3.18. The molecule has 1 unspecified atom stereocenters. The largest absolute Gasteiger partial charge is 0.357 e. The van der Waals surface area contributed by atoms with Gasteiger partial charge in [0.25, 0.3) is 0 Å². The van der Waals surface area contributed by atoms with Crippen molar-refractivity contribution in [1.29, 1.82) is 0 Å². The van der Waals surface area contributed by atoms with Gasteiger partial charge < -0.3 is 10.6 Å². The van der Waals surface area contributed by atoms with Crippen LogP contribution in [0.15, 0.2) is 46.3 Å². The van der Waals surface area contributed by atoms with Crippen molar-refractivity contribution >= 4 is 27.3 Å². The summed E-state index contributed by atoms with van der Waals surface area (Å²) in [6.45, 7) is 7.57. The Hall–Kier alpha value is -1.90. The molecule has 1 saturated carbocycles. The van der Waals surface area contributed by atoms with Crippen LogP contribution in [0.2, 0.25) is 0 Å². The first-order valence-electron chi connectivity index (χ1n) is 10.1. The van der Waals surface area contributed by atoms with E-state index >= 15 is 0 Å². The van der Waals surface area contributed by atoms with E-state index in [1.54, 1.807) is 12.1 Å². The average molecular weight is 435 g/mol. The Morgan fingerprint density at radius 1 is 1.21 bits per heavy atom. The van der Waals surface area contributed by atoms with Crippen LogP contribution in [0.5, 0.6) is 0 Å². The monoisotopic (exact) mass is 434 g/mol. The molecular weight excluding hydrogens is 404 g/mol. The van der Waals surface area contributed by atoms with Crippen molar-refractivity contribution in [2.45, 2.75) is 63.6 Å². The molecule has 0 bridgehead atoms. The lowest BCUT2D eigenvalue weighted by Crippen LogP contribution is -2.43. The highest BCUT2D eigenvalue weighted by Gasteiger charge is 2.27. The van der Waals surface area contributed by atoms with Gasteiger partial charge in [-0.1, -0.05) is 12.1 Å². The van der Waals surface area contributed by atoms with Gasteiger partial charge in [-0.3, -0.25) is 0 Å². The van der Waals surface area contributed by atoms with Gasteiger partial charge in [0.15, 0.2) is 5.96 Å². The maximum Gasteiger partial charge on any atom is 0.240 e. The van der Waals surface area contributed by atoms with Gasteiger partial charge in [-0.2, -0.15) is 0 Å². The summed E-state index contributed by atoms with van der Waals surface area (Å²) >= 11 is 1.82. The number of thiophene rings is 1. The third-order valence-corrected chi connectivity index (χ3v) is 7.14. The van der Waals surface area contributed by atoms with Crippen LogP contribution in [-0.4, -0.2) is 33.0 Å². The quantitative estimate of drug-likeness (QED) is 0.418. The van der Waals surface area contributed by atoms with Gasteiger partial charge in [0.05, 0.1) is 11.4 Å². The molecule has 2 aromatic rings. The van der Waals surface area contributed by atoms with Gasteiger partial charge >= 0.3 is 0 Å². The number of rotatable bonds is 9. The molecule has 0 spiro atoms. The minimum absolute atomic E-state index is 0.109. The fraction of sp³-hybridized carbons (Fsp3) is 0.476. The highest BCUT2D eigenvalue weighted by molar-refractivity contribution is 7.89. The van der Waals surface area contributed by atoms with Gasteiger partial charge in [0.1, 0.15) is 0 Å². The summed E-state index contributed by atoms with van der Waals surface area (Å²) in [6, 6.07) is 11.6. The maximum atomic E-state index is 12.3. The predicted molar refractivity (Wildman–Crippen MR) is 120 cm³/mol. The number of nitrogens with one attached hydrogen (secondary N) is 3. The lowest BCUT2D eigenvalue weighted by atomic mass is 10.2. The van der Waals surface area contributed by atoms with Crippen molar-refractivity contribution in [3.05, 3.63) is 51.7 Å². The molecule has 0 saturated heterocycles. The van der Waals surface area contributed by atoms with E-state index in [4.69, 9.17) is 0 Å². The molecule has 0 amide bonds. The van der Waals surface area contributed by atoms with Crippen molar-refractivity contribution in [1.82, 2.24) is 15.4 Å². The second-order valence-electron chi connectivity index (χ2n) is 7.50. The molecule has 29 heavy (non-hydrogen) atoms. The van der Waals surface area contributed by atoms with Crippen molar-refractivity contribution in [2.24, 2.45) is 4.99 Å². The smallest absolute Gasteiger partial charge is 0.240 e. The van der Waals surface area contributed by atoms with E-state index in [-0.39, 0.29) is 12.1 Å². The summed E-state index contributed by atoms with van der Waals surface area (Å²) in [5, 5.41) is 6.73. The minimum atomic E-state index is -3.41. The van der Waals surface area contributed by atoms with Crippen molar-refractivity contribution in [3.8, 4) is 0 Å². The number of aryl methyl sites for hydroxylation is 1. The van der Waals surface area contributed by atoms with Crippen LogP contribution in [0.3, 0.4) is 0 Å². The fourth-order valence-electron chi connectivity index (χ4n) is 2.93. The molecule has 0 aliphatic heterocycles. The number of sulfonamides is 1. The average Bonchev–Trinajstić information content (AvgIpc) is 3.38. The van der Waals surface area contributed by atoms with Gasteiger partial charge in [0.2, 0.25) is 10.0 Å². The van der Waals surface area contributed by atoms with E-state index in [0.29, 0.717) is 11.4 Å². The molecule has 0 radical (unpaired) electrons. The molecular formula is C21H30N4O2S2. The number of hydrogen-bond acceptors (Lipinski definition) is 4. The van der Waals surface area contributed by atoms with Gasteiger partial charge in [-0.25, -0.2) is 18.1 Å². The Kier molecular flexibility index (Phi) is 7.32. The lowest BCUT2D eigenvalue weighted by molar-refractivity contribution is 0.581. The van der Waals surface area contributed by atoms with Crippen LogP contribution >= 0.6 is 11.3 Å². The zero-order valence-electron chi connectivity index (χ0n) is 17.2. The Morgan fingerprint density at radius 2 is 1.93 bits per heavy atom. The Balaban J connectivity index is 1.58. The lowest BCUT2D eigenvalue weighted by Gasteiger charge is -2.17. The molecule has 1 aromatic carbocycles. The number of aliphatic imine (C=N–C) groups is 1. The standard InChI is InChI=1S/C21H30N4O2S2/c1-4-22-21(24-15(2)13-19-10-5-16(3)28-19)23-14-17-6-11-20(12-7-17)29(26,27)25-18-8-9-18/h5-7,10-12,15,18,25H,4,8-9,13-14H2,1-3H3,(H2,22,23,24). The van der Waals surface area contributed by atoms with Gasteiger partial charge in [-0.05, 0) is 63.4 Å². The first kappa shape index (κ1) is 21.8. The van der Waals surface area contributed by atoms with E-state index in [2.05, 4.69) is 46.3 Å². The molecule has 158 valence electrons. The Labute approximate surface area is 177 Å². The minimum Gasteiger partial charge on any atom is -0.357 e. The summed E-state index contributed by atoms with van der Waals surface area (Å²) in [6.07, 6.45) is 2.80. The van der Waals surface area contributed by atoms with Gasteiger partial charge in [-0.15, -0.1) is 11.3 Å². The van der Waals surface area contributed by atoms with Crippen LogP contribution in [0, 0.1) is 6.92 Å². The number of benzene rings is 1. The zero-order chi connectivity index (χ0) is 20.9. The van der Waals surface area contributed by atoms with Crippen LogP contribution < -0.4 is 15.4 Å². The van der Waals surface area contributed by atoms with Crippen LogP contribution in [0.25, 0.3) is 0 Å². The van der Waals surface area contributed by atoms with Crippen molar-refractivity contribution < 1.29 is 8.42 Å². The molecule has 3 N–H and O–H groups in total. The second-order valence-corrected chi connectivity index (χ2v) is 10.6.